The average molecular weight is 285 g/mol. The van der Waals surface area contributed by atoms with Crippen LogP contribution in [0.2, 0.25) is 0 Å². The van der Waals surface area contributed by atoms with Crippen molar-refractivity contribution >= 4 is 0 Å². The van der Waals surface area contributed by atoms with E-state index in [1.54, 1.807) is 0 Å². The Bertz CT molecular complexity index is 528. The van der Waals surface area contributed by atoms with Gasteiger partial charge in [0, 0.05) is 12.1 Å². The van der Waals surface area contributed by atoms with Gasteiger partial charge >= 0.3 is 0 Å². The largest absolute Gasteiger partial charge is 0.490 e. The molecular weight excluding hydrogens is 262 g/mol. The number of aliphatic hydroxyl groups is 1. The molecule has 0 amide bonds. The first kappa shape index (κ1) is 15.5. The van der Waals surface area contributed by atoms with E-state index in [0.717, 1.165) is 36.4 Å². The fourth-order valence-corrected chi connectivity index (χ4v) is 2.13. The van der Waals surface area contributed by atoms with E-state index >= 15 is 0 Å². The van der Waals surface area contributed by atoms with Crippen molar-refractivity contribution in [2.24, 2.45) is 0 Å². The molecule has 0 fully saturated rings. The van der Waals surface area contributed by atoms with E-state index in [-0.39, 0.29) is 6.61 Å². The fourth-order valence-electron chi connectivity index (χ4n) is 2.13. The Morgan fingerprint density at radius 3 is 2.52 bits per heavy atom. The minimum atomic E-state index is -0.608. The number of para-hydroxylation sites is 1. The molecule has 0 radical (unpaired) electrons. The highest BCUT2D eigenvalue weighted by Crippen LogP contribution is 2.20. The van der Waals surface area contributed by atoms with E-state index in [0.29, 0.717) is 0 Å². The lowest BCUT2D eigenvalue weighted by atomic mass is 10.1. The Labute approximate surface area is 126 Å². The zero-order valence-corrected chi connectivity index (χ0v) is 12.5. The molecule has 1 atom stereocenters. The molecule has 0 saturated carbocycles. The van der Waals surface area contributed by atoms with Crippen molar-refractivity contribution in [2.45, 2.75) is 26.0 Å². The Morgan fingerprint density at radius 1 is 1.05 bits per heavy atom. The average Bonchev–Trinajstić information content (AvgIpc) is 2.54. The van der Waals surface area contributed by atoms with Crippen LogP contribution in [0.15, 0.2) is 54.6 Å². The summed E-state index contributed by atoms with van der Waals surface area (Å²) >= 11 is 0. The summed E-state index contributed by atoms with van der Waals surface area (Å²) in [7, 11) is 0. The van der Waals surface area contributed by atoms with E-state index in [9.17, 15) is 5.11 Å². The molecule has 0 aromatic heterocycles. The van der Waals surface area contributed by atoms with Gasteiger partial charge in [0.15, 0.2) is 0 Å². The summed E-state index contributed by atoms with van der Waals surface area (Å²) in [5.41, 5.74) is 1.99. The van der Waals surface area contributed by atoms with Crippen LogP contribution in [0, 0.1) is 0 Å². The normalized spacial score (nSPS) is 12.1. The molecule has 0 aliphatic heterocycles. The molecule has 0 aliphatic carbocycles. The highest BCUT2D eigenvalue weighted by Gasteiger charge is 2.09. The number of hydrogen-bond acceptors (Lipinski definition) is 3. The van der Waals surface area contributed by atoms with Crippen LogP contribution < -0.4 is 10.1 Å². The van der Waals surface area contributed by atoms with Gasteiger partial charge in [-0.3, -0.25) is 0 Å². The maximum absolute atomic E-state index is 10.1. The summed E-state index contributed by atoms with van der Waals surface area (Å²) in [5, 5.41) is 13.5. The minimum Gasteiger partial charge on any atom is -0.490 e. The van der Waals surface area contributed by atoms with Gasteiger partial charge in [-0.05, 0) is 24.6 Å². The quantitative estimate of drug-likeness (QED) is 0.731. The van der Waals surface area contributed by atoms with Crippen molar-refractivity contribution in [3.8, 4) is 5.75 Å². The van der Waals surface area contributed by atoms with Crippen LogP contribution >= 0.6 is 0 Å². The second-order valence-corrected chi connectivity index (χ2v) is 5.02. The van der Waals surface area contributed by atoms with Gasteiger partial charge in [0.25, 0.3) is 0 Å². The molecule has 1 unspecified atom stereocenters. The summed E-state index contributed by atoms with van der Waals surface area (Å²) in [5.74, 6) is 0.830. The molecule has 2 N–H and O–H groups in total. The van der Waals surface area contributed by atoms with Crippen LogP contribution in [-0.2, 0) is 6.54 Å². The van der Waals surface area contributed by atoms with Crippen LogP contribution in [0.25, 0.3) is 0 Å². The third kappa shape index (κ3) is 4.88. The molecule has 0 bridgehead atoms. The molecule has 0 saturated heterocycles. The number of rotatable bonds is 8. The van der Waals surface area contributed by atoms with Gasteiger partial charge in [-0.25, -0.2) is 0 Å². The van der Waals surface area contributed by atoms with Crippen molar-refractivity contribution in [1.82, 2.24) is 5.32 Å². The van der Waals surface area contributed by atoms with Gasteiger partial charge in [0.1, 0.15) is 18.5 Å². The maximum Gasteiger partial charge on any atom is 0.123 e. The first-order chi connectivity index (χ1) is 10.3. The van der Waals surface area contributed by atoms with E-state index in [4.69, 9.17) is 4.74 Å². The number of ether oxygens (including phenoxy) is 1. The van der Waals surface area contributed by atoms with Crippen LogP contribution in [0.4, 0.5) is 0 Å². The summed E-state index contributed by atoms with van der Waals surface area (Å²) in [6.07, 6.45) is 0.498. The topological polar surface area (TPSA) is 41.5 Å². The Kier molecular flexibility index (Phi) is 6.25. The molecule has 2 rings (SSSR count). The highest BCUT2D eigenvalue weighted by molar-refractivity contribution is 5.33. The monoisotopic (exact) mass is 285 g/mol. The Balaban J connectivity index is 1.93. The van der Waals surface area contributed by atoms with Gasteiger partial charge < -0.3 is 15.2 Å². The maximum atomic E-state index is 10.1. The van der Waals surface area contributed by atoms with Crippen molar-refractivity contribution < 1.29 is 9.84 Å². The summed E-state index contributed by atoms with van der Waals surface area (Å²) in [6, 6.07) is 17.5. The predicted molar refractivity (Wildman–Crippen MR) is 85.3 cm³/mol. The van der Waals surface area contributed by atoms with Gasteiger partial charge in [-0.15, -0.1) is 0 Å². The second-order valence-electron chi connectivity index (χ2n) is 5.02. The zero-order chi connectivity index (χ0) is 14.9. The number of aliphatic hydroxyl groups excluding tert-OH is 1. The van der Waals surface area contributed by atoms with Gasteiger partial charge in [-0.2, -0.15) is 0 Å². The first-order valence-corrected chi connectivity index (χ1v) is 7.45. The lowest BCUT2D eigenvalue weighted by Crippen LogP contribution is -2.16. The van der Waals surface area contributed by atoms with Gasteiger partial charge in [0.2, 0.25) is 0 Å². The zero-order valence-electron chi connectivity index (χ0n) is 12.5. The molecule has 112 valence electrons. The van der Waals surface area contributed by atoms with Crippen LogP contribution in [0.1, 0.15) is 30.6 Å². The van der Waals surface area contributed by atoms with E-state index < -0.39 is 6.10 Å². The lowest BCUT2D eigenvalue weighted by molar-refractivity contribution is 0.107. The standard InChI is InChI=1S/C18H23NO2/c1-2-12-19-13-16-10-6-7-11-18(16)21-14-17(20)15-8-4-3-5-9-15/h3-11,17,19-20H,2,12-14H2,1H3. The summed E-state index contributed by atoms with van der Waals surface area (Å²) in [6.45, 7) is 4.17. The molecular formula is C18H23NO2. The second kappa shape index (κ2) is 8.45. The van der Waals surface area contributed by atoms with Crippen LogP contribution in [-0.4, -0.2) is 18.3 Å². The van der Waals surface area contributed by atoms with Crippen LogP contribution in [0.3, 0.4) is 0 Å². The Hall–Kier alpha value is -1.84. The summed E-state index contributed by atoms with van der Waals surface area (Å²) in [4.78, 5) is 0. The number of nitrogens with one attached hydrogen (secondary N) is 1. The predicted octanol–water partition coefficient (Wildman–Crippen LogP) is 3.30. The van der Waals surface area contributed by atoms with Crippen molar-refractivity contribution in [3.05, 3.63) is 65.7 Å². The molecule has 2 aromatic rings. The molecule has 3 heteroatoms. The van der Waals surface area contributed by atoms with Crippen molar-refractivity contribution in [2.75, 3.05) is 13.2 Å². The van der Waals surface area contributed by atoms with Crippen molar-refractivity contribution in [3.63, 3.8) is 0 Å². The van der Waals surface area contributed by atoms with Gasteiger partial charge in [0.05, 0.1) is 0 Å². The van der Waals surface area contributed by atoms with E-state index in [2.05, 4.69) is 12.2 Å². The minimum absolute atomic E-state index is 0.259. The van der Waals surface area contributed by atoms with E-state index in [1.807, 2.05) is 54.6 Å². The molecule has 2 aromatic carbocycles. The number of hydrogen-bond donors (Lipinski definition) is 2. The molecule has 3 nitrogen and oxygen atoms in total. The smallest absolute Gasteiger partial charge is 0.123 e. The lowest BCUT2D eigenvalue weighted by Gasteiger charge is -2.15. The third-order valence-electron chi connectivity index (χ3n) is 3.30. The summed E-state index contributed by atoms with van der Waals surface area (Å²) < 4.78 is 5.79. The first-order valence-electron chi connectivity index (χ1n) is 7.45. The SMILES string of the molecule is CCCNCc1ccccc1OCC(O)c1ccccc1. The molecule has 21 heavy (non-hydrogen) atoms. The molecule has 0 aliphatic rings. The Morgan fingerprint density at radius 2 is 1.76 bits per heavy atom. The highest BCUT2D eigenvalue weighted by atomic mass is 16.5. The van der Waals surface area contributed by atoms with Crippen molar-refractivity contribution in [1.29, 1.82) is 0 Å². The van der Waals surface area contributed by atoms with Crippen LogP contribution in [0.5, 0.6) is 5.75 Å². The van der Waals surface area contributed by atoms with Gasteiger partial charge in [-0.1, -0.05) is 55.5 Å². The number of benzene rings is 2. The molecule has 0 heterocycles. The van der Waals surface area contributed by atoms with E-state index in [1.165, 1.54) is 0 Å². The fraction of sp³-hybridized carbons (Fsp3) is 0.333. The third-order valence-corrected chi connectivity index (χ3v) is 3.30. The molecule has 0 spiro atoms.